The van der Waals surface area contributed by atoms with E-state index in [9.17, 15) is 33.6 Å². The number of rotatable bonds is 7. The van der Waals surface area contributed by atoms with Gasteiger partial charge in [0.2, 0.25) is 6.29 Å². The van der Waals surface area contributed by atoms with Crippen LogP contribution in [0.3, 0.4) is 0 Å². The predicted octanol–water partition coefficient (Wildman–Crippen LogP) is 1.43. The van der Waals surface area contributed by atoms with Crippen LogP contribution in [0.5, 0.6) is 11.5 Å². The number of aromatic nitrogens is 1. The van der Waals surface area contributed by atoms with E-state index in [1.807, 2.05) is 11.5 Å². The van der Waals surface area contributed by atoms with Gasteiger partial charge >= 0.3 is 6.36 Å². The van der Waals surface area contributed by atoms with Crippen molar-refractivity contribution in [3.63, 3.8) is 0 Å². The van der Waals surface area contributed by atoms with Crippen molar-refractivity contribution < 1.29 is 52.5 Å². The van der Waals surface area contributed by atoms with Crippen molar-refractivity contribution in [2.75, 3.05) is 19.8 Å². The summed E-state index contributed by atoms with van der Waals surface area (Å²) in [7, 11) is 0. The highest BCUT2D eigenvalue weighted by Crippen LogP contribution is 2.35. The number of halogens is 3. The van der Waals surface area contributed by atoms with Crippen LogP contribution in [0.4, 0.5) is 13.2 Å². The van der Waals surface area contributed by atoms with E-state index in [1.54, 1.807) is 6.20 Å². The van der Waals surface area contributed by atoms with Crippen LogP contribution in [-0.2, 0) is 15.9 Å². The fourth-order valence-corrected chi connectivity index (χ4v) is 4.38. The van der Waals surface area contributed by atoms with Crippen LogP contribution in [0, 0.1) is 6.92 Å². The Morgan fingerprint density at radius 3 is 2.40 bits per heavy atom. The number of benzene rings is 1. The minimum absolute atomic E-state index is 0.0449. The van der Waals surface area contributed by atoms with Crippen LogP contribution >= 0.6 is 0 Å². The molecule has 1 aromatic carbocycles. The van der Waals surface area contributed by atoms with Gasteiger partial charge in [-0.15, -0.1) is 13.2 Å². The largest absolute Gasteiger partial charge is 0.573 e. The number of alkyl halides is 3. The smallest absolute Gasteiger partial charge is 0.460 e. The molecular formula is C23H28F3NO8. The summed E-state index contributed by atoms with van der Waals surface area (Å²) in [5, 5.41) is 40.0. The van der Waals surface area contributed by atoms with E-state index in [1.165, 1.54) is 24.3 Å². The highest BCUT2D eigenvalue weighted by atomic mass is 19.4. The average molecular weight is 503 g/mol. The fraction of sp³-hybridized carbons (Fsp3) is 0.565. The van der Waals surface area contributed by atoms with Crippen molar-refractivity contribution in [1.29, 1.82) is 0 Å². The maximum atomic E-state index is 12.5. The second kappa shape index (κ2) is 10.3. The maximum Gasteiger partial charge on any atom is 0.573 e. The lowest BCUT2D eigenvalue weighted by molar-refractivity contribution is -0.277. The molecule has 0 saturated carbocycles. The Hall–Kier alpha value is -2.35. The molecule has 3 heterocycles. The first-order valence-corrected chi connectivity index (χ1v) is 11.2. The van der Waals surface area contributed by atoms with Gasteiger partial charge in [-0.3, -0.25) is 0 Å². The van der Waals surface area contributed by atoms with Crippen LogP contribution in [0.25, 0.3) is 0 Å². The summed E-state index contributed by atoms with van der Waals surface area (Å²) in [6.45, 7) is 2.37. The Morgan fingerprint density at radius 1 is 1.09 bits per heavy atom. The third-order valence-electron chi connectivity index (χ3n) is 6.31. The first-order chi connectivity index (χ1) is 16.6. The number of ether oxygens (including phenoxy) is 4. The predicted molar refractivity (Wildman–Crippen MR) is 114 cm³/mol. The molecule has 2 aliphatic rings. The Labute approximate surface area is 199 Å². The fourth-order valence-electron chi connectivity index (χ4n) is 4.38. The zero-order chi connectivity index (χ0) is 25.3. The summed E-state index contributed by atoms with van der Waals surface area (Å²) >= 11 is 0. The van der Waals surface area contributed by atoms with Gasteiger partial charge in [0.25, 0.3) is 0 Å². The van der Waals surface area contributed by atoms with Crippen LogP contribution in [-0.4, -0.2) is 81.9 Å². The number of nitrogens with zero attached hydrogens (tertiary/aromatic N) is 1. The molecule has 0 radical (unpaired) electrons. The van der Waals surface area contributed by atoms with Crippen LogP contribution in [0.15, 0.2) is 30.5 Å². The molecule has 2 saturated heterocycles. The van der Waals surface area contributed by atoms with E-state index < -0.39 is 43.7 Å². The summed E-state index contributed by atoms with van der Waals surface area (Å²) in [5.74, 6) is -0.00853. The molecule has 2 fully saturated rings. The third-order valence-corrected chi connectivity index (χ3v) is 6.31. The highest BCUT2D eigenvalue weighted by molar-refractivity contribution is 5.43. The molecule has 4 N–H and O–H groups in total. The molecule has 1 unspecified atom stereocenters. The van der Waals surface area contributed by atoms with E-state index in [0.717, 1.165) is 12.1 Å². The van der Waals surface area contributed by atoms with Gasteiger partial charge in [0.05, 0.1) is 19.3 Å². The number of hydrogen-bond acceptors (Lipinski definition) is 8. The highest BCUT2D eigenvalue weighted by Gasteiger charge is 2.45. The van der Waals surface area contributed by atoms with Crippen molar-refractivity contribution in [3.8, 4) is 11.5 Å². The van der Waals surface area contributed by atoms with Gasteiger partial charge in [-0.1, -0.05) is 12.1 Å². The number of hydrogen-bond donors (Lipinski definition) is 4. The van der Waals surface area contributed by atoms with E-state index >= 15 is 0 Å². The summed E-state index contributed by atoms with van der Waals surface area (Å²) in [6, 6.07) is 5.50. The molecule has 2 aliphatic heterocycles. The molecule has 6 atom stereocenters. The van der Waals surface area contributed by atoms with Gasteiger partial charge in [-0.2, -0.15) is 0 Å². The lowest BCUT2D eigenvalue weighted by atomic mass is 9.99. The summed E-state index contributed by atoms with van der Waals surface area (Å²) < 4.78 is 60.2. The Balaban J connectivity index is 1.61. The molecule has 12 heteroatoms. The number of aliphatic hydroxyl groups is 4. The van der Waals surface area contributed by atoms with Crippen molar-refractivity contribution in [3.05, 3.63) is 47.3 Å². The van der Waals surface area contributed by atoms with E-state index in [-0.39, 0.29) is 18.2 Å². The minimum Gasteiger partial charge on any atom is -0.460 e. The molecule has 9 nitrogen and oxygen atoms in total. The SMILES string of the molecule is Cc1c(Cc2ccc(OC(F)(F)F)cc2)c(O[C@@H]2O[C@H](CO)[C@@H](O)[C@H](O)[C@H]2O)cn1C1CCOC1. The molecular weight excluding hydrogens is 475 g/mol. The van der Waals surface area contributed by atoms with Crippen LogP contribution < -0.4 is 9.47 Å². The van der Waals surface area contributed by atoms with E-state index in [0.29, 0.717) is 30.1 Å². The number of aliphatic hydroxyl groups excluding tert-OH is 4. The van der Waals surface area contributed by atoms with E-state index in [2.05, 4.69) is 4.74 Å². The Bertz CT molecular complexity index is 988. The van der Waals surface area contributed by atoms with Gasteiger partial charge in [0.1, 0.15) is 35.9 Å². The van der Waals surface area contributed by atoms with Crippen molar-refractivity contribution in [2.45, 2.75) is 62.9 Å². The maximum absolute atomic E-state index is 12.5. The second-order valence-corrected chi connectivity index (χ2v) is 8.67. The van der Waals surface area contributed by atoms with Crippen molar-refractivity contribution >= 4 is 0 Å². The molecule has 0 amide bonds. The minimum atomic E-state index is -4.79. The molecule has 1 aromatic heterocycles. The Kier molecular flexibility index (Phi) is 7.60. The normalized spacial score (nSPS) is 29.4. The van der Waals surface area contributed by atoms with Crippen molar-refractivity contribution in [2.24, 2.45) is 0 Å². The molecule has 35 heavy (non-hydrogen) atoms. The van der Waals surface area contributed by atoms with Crippen molar-refractivity contribution in [1.82, 2.24) is 4.57 Å². The average Bonchev–Trinajstić information content (AvgIpc) is 3.44. The molecule has 2 aromatic rings. The van der Waals surface area contributed by atoms with E-state index in [4.69, 9.17) is 14.2 Å². The van der Waals surface area contributed by atoms with Gasteiger partial charge in [0, 0.05) is 30.5 Å². The molecule has 194 valence electrons. The van der Waals surface area contributed by atoms with Gasteiger partial charge in [-0.05, 0) is 31.0 Å². The summed E-state index contributed by atoms with van der Waals surface area (Å²) in [6.07, 6.45) is -9.20. The first-order valence-electron chi connectivity index (χ1n) is 11.2. The van der Waals surface area contributed by atoms with Crippen LogP contribution in [0.2, 0.25) is 0 Å². The summed E-state index contributed by atoms with van der Waals surface area (Å²) in [5.41, 5.74) is 2.20. The first kappa shape index (κ1) is 25.7. The van der Waals surface area contributed by atoms with Gasteiger partial charge in [-0.25, -0.2) is 0 Å². The molecule has 4 rings (SSSR count). The standard InChI is InChI=1S/C23H28F3NO8/c1-12-16(8-13-2-4-15(5-3-13)35-23(24,25)26)17(9-27(12)14-6-7-32-11-14)33-22-21(31)20(30)19(29)18(10-28)34-22/h2-5,9,14,18-22,28-31H,6-8,10-11H2,1H3/t14?,18-,19-,20+,21-,22-/m1/s1. The summed E-state index contributed by atoms with van der Waals surface area (Å²) in [4.78, 5) is 0. The quantitative estimate of drug-likeness (QED) is 0.448. The molecule has 0 aliphatic carbocycles. The second-order valence-electron chi connectivity index (χ2n) is 8.67. The zero-order valence-corrected chi connectivity index (χ0v) is 18.9. The monoisotopic (exact) mass is 503 g/mol. The topological polar surface area (TPSA) is 123 Å². The van der Waals surface area contributed by atoms with Gasteiger partial charge < -0.3 is 43.9 Å². The molecule has 0 bridgehead atoms. The lowest BCUT2D eigenvalue weighted by Crippen LogP contribution is -2.60. The van der Waals surface area contributed by atoms with Crippen LogP contribution in [0.1, 0.15) is 29.3 Å². The third kappa shape index (κ3) is 5.74. The lowest BCUT2D eigenvalue weighted by Gasteiger charge is -2.39. The van der Waals surface area contributed by atoms with Gasteiger partial charge in [0.15, 0.2) is 0 Å². The zero-order valence-electron chi connectivity index (χ0n) is 18.9. The Morgan fingerprint density at radius 2 is 1.80 bits per heavy atom. The molecule has 0 spiro atoms.